The predicted octanol–water partition coefficient (Wildman–Crippen LogP) is 3.82. The molecule has 168 valence electrons. The number of carbonyl (C=O) groups is 1. The van der Waals surface area contributed by atoms with Gasteiger partial charge in [-0.2, -0.15) is 0 Å². The molecule has 1 aliphatic carbocycles. The smallest absolute Gasteiger partial charge is 0.225 e. The van der Waals surface area contributed by atoms with Gasteiger partial charge in [0.05, 0.1) is 19.8 Å². The lowest BCUT2D eigenvalue weighted by Crippen LogP contribution is -2.45. The number of guanidine groups is 1. The number of likely N-dealkylation sites (tertiary alicyclic amines) is 1. The first kappa shape index (κ1) is 25.2. The van der Waals surface area contributed by atoms with Crippen molar-refractivity contribution in [2.24, 2.45) is 10.9 Å². The second-order valence-corrected chi connectivity index (χ2v) is 8.27. The highest BCUT2D eigenvalue weighted by atomic mass is 127. The fourth-order valence-electron chi connectivity index (χ4n) is 4.02. The summed E-state index contributed by atoms with van der Waals surface area (Å²) in [5.41, 5.74) is 1.10. The lowest BCUT2D eigenvalue weighted by atomic mass is 10.1. The van der Waals surface area contributed by atoms with Gasteiger partial charge < -0.3 is 20.3 Å². The van der Waals surface area contributed by atoms with Gasteiger partial charge in [-0.15, -0.1) is 24.0 Å². The number of hydrogen-bond acceptors (Lipinski definition) is 3. The van der Waals surface area contributed by atoms with Crippen LogP contribution >= 0.6 is 35.6 Å². The van der Waals surface area contributed by atoms with Crippen LogP contribution in [0.5, 0.6) is 0 Å². The molecule has 1 saturated heterocycles. The number of carbonyl (C=O) groups excluding carboxylic acids is 1. The predicted molar refractivity (Wildman–Crippen MR) is 133 cm³/mol. The highest BCUT2D eigenvalue weighted by molar-refractivity contribution is 14.0. The Morgan fingerprint density at radius 2 is 1.97 bits per heavy atom. The molecule has 0 aromatic heterocycles. The summed E-state index contributed by atoms with van der Waals surface area (Å²) >= 11 is 5.89. The topological polar surface area (TPSA) is 66.0 Å². The Bertz CT molecular complexity index is 680. The van der Waals surface area contributed by atoms with Crippen LogP contribution in [-0.2, 0) is 16.1 Å². The monoisotopic (exact) mass is 548 g/mol. The van der Waals surface area contributed by atoms with Crippen molar-refractivity contribution in [1.82, 2.24) is 15.5 Å². The number of nitrogens with zero attached hydrogens (tertiary/aromatic N) is 2. The van der Waals surface area contributed by atoms with E-state index in [-0.39, 0.29) is 35.9 Å². The zero-order valence-corrected chi connectivity index (χ0v) is 20.8. The van der Waals surface area contributed by atoms with Crippen LogP contribution in [0.1, 0.15) is 44.6 Å². The van der Waals surface area contributed by atoms with Crippen molar-refractivity contribution in [3.63, 3.8) is 0 Å². The quantitative estimate of drug-likeness (QED) is 0.224. The first-order valence-corrected chi connectivity index (χ1v) is 11.2. The molecule has 1 aromatic rings. The molecule has 2 aliphatic rings. The molecular weight excluding hydrogens is 515 g/mol. The maximum Gasteiger partial charge on any atom is 0.225 e. The van der Waals surface area contributed by atoms with Crippen molar-refractivity contribution >= 4 is 47.4 Å². The van der Waals surface area contributed by atoms with E-state index in [1.54, 1.807) is 0 Å². The van der Waals surface area contributed by atoms with E-state index in [1.807, 2.05) is 29.2 Å². The molecule has 30 heavy (non-hydrogen) atoms. The second kappa shape index (κ2) is 13.4. The number of amides is 1. The molecule has 2 N–H and O–H groups in total. The number of aliphatic imine (C=N–C) groups is 1. The SMILES string of the molecule is CCNC(=NCCOCc1ccc(Cl)cc1)NC1CCN(C(=O)C2CCCC2)C1.I. The summed E-state index contributed by atoms with van der Waals surface area (Å²) in [5, 5.41) is 7.50. The number of benzene rings is 1. The minimum atomic E-state index is 0. The highest BCUT2D eigenvalue weighted by Crippen LogP contribution is 2.27. The molecule has 1 amide bonds. The number of rotatable bonds is 8. The average Bonchev–Trinajstić information content (AvgIpc) is 3.41. The Hall–Kier alpha value is -1.06. The van der Waals surface area contributed by atoms with Crippen LogP contribution in [0.25, 0.3) is 0 Å². The molecule has 0 bridgehead atoms. The van der Waals surface area contributed by atoms with E-state index in [1.165, 1.54) is 12.8 Å². The molecule has 2 fully saturated rings. The van der Waals surface area contributed by atoms with Gasteiger partial charge in [0.15, 0.2) is 5.96 Å². The molecule has 6 nitrogen and oxygen atoms in total. The molecule has 1 saturated carbocycles. The molecule has 1 atom stereocenters. The number of ether oxygens (including phenoxy) is 1. The molecule has 3 rings (SSSR count). The van der Waals surface area contributed by atoms with Crippen LogP contribution in [0.2, 0.25) is 5.02 Å². The lowest BCUT2D eigenvalue weighted by molar-refractivity contribution is -0.134. The summed E-state index contributed by atoms with van der Waals surface area (Å²) in [6.07, 6.45) is 5.49. The van der Waals surface area contributed by atoms with Crippen LogP contribution in [0.15, 0.2) is 29.3 Å². The summed E-state index contributed by atoms with van der Waals surface area (Å²) < 4.78 is 5.70. The Balaban J connectivity index is 0.00000320. The number of nitrogens with one attached hydrogen (secondary N) is 2. The minimum absolute atomic E-state index is 0. The third-order valence-corrected chi connectivity index (χ3v) is 5.83. The maximum absolute atomic E-state index is 12.6. The lowest BCUT2D eigenvalue weighted by Gasteiger charge is -2.21. The van der Waals surface area contributed by atoms with E-state index in [4.69, 9.17) is 16.3 Å². The first-order chi connectivity index (χ1) is 14.2. The normalized spacial score (nSPS) is 19.6. The van der Waals surface area contributed by atoms with Crippen LogP contribution in [0.4, 0.5) is 0 Å². The molecule has 8 heteroatoms. The van der Waals surface area contributed by atoms with Gasteiger partial charge in [0, 0.05) is 36.6 Å². The van der Waals surface area contributed by atoms with Crippen molar-refractivity contribution < 1.29 is 9.53 Å². The summed E-state index contributed by atoms with van der Waals surface area (Å²) in [7, 11) is 0. The van der Waals surface area contributed by atoms with Crippen LogP contribution in [0, 0.1) is 5.92 Å². The average molecular weight is 549 g/mol. The van der Waals surface area contributed by atoms with Crippen molar-refractivity contribution in [3.05, 3.63) is 34.9 Å². The first-order valence-electron chi connectivity index (χ1n) is 10.8. The molecule has 1 heterocycles. The Morgan fingerprint density at radius 1 is 1.23 bits per heavy atom. The Labute approximate surface area is 202 Å². The molecule has 1 aromatic carbocycles. The molecular formula is C22H34ClIN4O2. The van der Waals surface area contributed by atoms with E-state index >= 15 is 0 Å². The zero-order valence-electron chi connectivity index (χ0n) is 17.7. The largest absolute Gasteiger partial charge is 0.375 e. The Kier molecular flexibility index (Phi) is 11.2. The Morgan fingerprint density at radius 3 is 2.67 bits per heavy atom. The van der Waals surface area contributed by atoms with E-state index in [9.17, 15) is 4.79 Å². The van der Waals surface area contributed by atoms with Crippen molar-refractivity contribution in [2.75, 3.05) is 32.8 Å². The van der Waals surface area contributed by atoms with Gasteiger partial charge >= 0.3 is 0 Å². The molecule has 1 unspecified atom stereocenters. The van der Waals surface area contributed by atoms with Crippen molar-refractivity contribution in [3.8, 4) is 0 Å². The van der Waals surface area contributed by atoms with Crippen LogP contribution < -0.4 is 10.6 Å². The molecule has 0 radical (unpaired) electrons. The number of halogens is 2. The molecule has 0 spiro atoms. The van der Waals surface area contributed by atoms with Gasteiger partial charge in [0.25, 0.3) is 0 Å². The summed E-state index contributed by atoms with van der Waals surface area (Å²) in [5.74, 6) is 1.40. The van der Waals surface area contributed by atoms with Crippen molar-refractivity contribution in [2.45, 2.75) is 51.7 Å². The maximum atomic E-state index is 12.6. The van der Waals surface area contributed by atoms with E-state index < -0.39 is 0 Å². The fraction of sp³-hybridized carbons (Fsp3) is 0.636. The van der Waals surface area contributed by atoms with Gasteiger partial charge in [0.2, 0.25) is 5.91 Å². The van der Waals surface area contributed by atoms with E-state index in [2.05, 4.69) is 22.5 Å². The third kappa shape index (κ3) is 7.89. The third-order valence-electron chi connectivity index (χ3n) is 5.58. The fourth-order valence-corrected chi connectivity index (χ4v) is 4.14. The summed E-state index contributed by atoms with van der Waals surface area (Å²) in [6, 6.07) is 7.93. The van der Waals surface area contributed by atoms with Gasteiger partial charge in [-0.3, -0.25) is 9.79 Å². The minimum Gasteiger partial charge on any atom is -0.375 e. The van der Waals surface area contributed by atoms with E-state index in [0.29, 0.717) is 25.7 Å². The second-order valence-electron chi connectivity index (χ2n) is 7.84. The summed E-state index contributed by atoms with van der Waals surface area (Å²) in [4.78, 5) is 19.3. The van der Waals surface area contributed by atoms with Gasteiger partial charge in [-0.05, 0) is 43.9 Å². The van der Waals surface area contributed by atoms with Crippen molar-refractivity contribution in [1.29, 1.82) is 0 Å². The zero-order chi connectivity index (χ0) is 20.5. The van der Waals surface area contributed by atoms with Gasteiger partial charge in [0.1, 0.15) is 0 Å². The van der Waals surface area contributed by atoms with Gasteiger partial charge in [-0.25, -0.2) is 0 Å². The van der Waals surface area contributed by atoms with Crippen LogP contribution in [-0.4, -0.2) is 55.6 Å². The highest BCUT2D eigenvalue weighted by Gasteiger charge is 2.32. The number of hydrogen-bond donors (Lipinski definition) is 2. The molecule has 1 aliphatic heterocycles. The standard InChI is InChI=1S/C22H33ClN4O2.HI/c1-2-24-22(25-12-14-29-16-17-7-9-19(23)10-8-17)26-20-11-13-27(15-20)21(28)18-5-3-4-6-18;/h7-10,18,20H,2-6,11-16H2,1H3,(H2,24,25,26);1H. The summed E-state index contributed by atoms with van der Waals surface area (Å²) in [6.45, 7) is 6.16. The van der Waals surface area contributed by atoms with Gasteiger partial charge in [-0.1, -0.05) is 36.6 Å². The van der Waals surface area contributed by atoms with Crippen LogP contribution in [0.3, 0.4) is 0 Å². The van der Waals surface area contributed by atoms with E-state index in [0.717, 1.165) is 55.4 Å².